The summed E-state index contributed by atoms with van der Waals surface area (Å²) in [7, 11) is 3.28. The van der Waals surface area contributed by atoms with Crippen molar-refractivity contribution < 1.29 is 19.0 Å². The number of hydrogen-bond donors (Lipinski definition) is 3. The summed E-state index contributed by atoms with van der Waals surface area (Å²) >= 11 is 0. The van der Waals surface area contributed by atoms with E-state index >= 15 is 0 Å². The minimum Gasteiger partial charge on any atom is -0.497 e. The molecule has 0 aliphatic carbocycles. The molecule has 238 valence electrons. The molecule has 6 aromatic rings. The Balaban J connectivity index is 1.40. The van der Waals surface area contributed by atoms with Crippen LogP contribution in [0.3, 0.4) is 0 Å². The molecule has 3 aromatic heterocycles. The SMILES string of the molecule is COc1ccc(Cn2c(CCc3c[nH]c4ccccc34)nnc2[C@@H](Cc2c[nH]c3ccccc23)NC(=O)OC(C)(C)C)c(OC)c1. The first-order chi connectivity index (χ1) is 22.2. The second-order valence-electron chi connectivity index (χ2n) is 12.4. The van der Waals surface area contributed by atoms with Crippen molar-refractivity contribution in [1.82, 2.24) is 30.0 Å². The molecule has 1 atom stereocenters. The van der Waals surface area contributed by atoms with Gasteiger partial charge in [0.25, 0.3) is 0 Å². The monoisotopic (exact) mass is 620 g/mol. The first-order valence-electron chi connectivity index (χ1n) is 15.4. The molecule has 10 heteroatoms. The Morgan fingerprint density at radius 1 is 0.848 bits per heavy atom. The zero-order valence-corrected chi connectivity index (χ0v) is 26.9. The number of ether oxygens (including phenoxy) is 3. The van der Waals surface area contributed by atoms with E-state index in [0.29, 0.717) is 36.7 Å². The quantitative estimate of drug-likeness (QED) is 0.145. The highest BCUT2D eigenvalue weighted by Crippen LogP contribution is 2.30. The molecule has 0 saturated heterocycles. The highest BCUT2D eigenvalue weighted by molar-refractivity contribution is 5.84. The van der Waals surface area contributed by atoms with Crippen LogP contribution in [0.5, 0.6) is 11.5 Å². The molecule has 0 spiro atoms. The maximum absolute atomic E-state index is 13.3. The number of H-pyrrole nitrogens is 2. The predicted octanol–water partition coefficient (Wildman–Crippen LogP) is 6.90. The van der Waals surface area contributed by atoms with Crippen LogP contribution < -0.4 is 14.8 Å². The van der Waals surface area contributed by atoms with Gasteiger partial charge in [0.2, 0.25) is 0 Å². The van der Waals surface area contributed by atoms with Crippen LogP contribution >= 0.6 is 0 Å². The lowest BCUT2D eigenvalue weighted by atomic mass is 10.0. The first-order valence-corrected chi connectivity index (χ1v) is 15.4. The molecule has 0 saturated carbocycles. The number of alkyl carbamates (subject to hydrolysis) is 1. The topological polar surface area (TPSA) is 119 Å². The lowest BCUT2D eigenvalue weighted by molar-refractivity contribution is 0.0500. The van der Waals surface area contributed by atoms with Crippen molar-refractivity contribution in [2.75, 3.05) is 14.2 Å². The molecule has 3 heterocycles. The minimum atomic E-state index is -0.663. The number of aromatic nitrogens is 5. The molecular formula is C36H40N6O4. The average Bonchev–Trinajstić information content (AvgIpc) is 3.76. The highest BCUT2D eigenvalue weighted by atomic mass is 16.6. The van der Waals surface area contributed by atoms with Crippen LogP contribution in [-0.2, 0) is 30.5 Å². The number of carbonyl (C=O) groups excluding carboxylic acids is 1. The number of benzene rings is 3. The molecule has 0 unspecified atom stereocenters. The highest BCUT2D eigenvalue weighted by Gasteiger charge is 2.28. The molecule has 0 bridgehead atoms. The largest absolute Gasteiger partial charge is 0.497 e. The summed E-state index contributed by atoms with van der Waals surface area (Å²) in [5.41, 5.74) is 4.65. The third-order valence-corrected chi connectivity index (χ3v) is 8.07. The number of hydrogen-bond acceptors (Lipinski definition) is 6. The molecule has 0 aliphatic heterocycles. The van der Waals surface area contributed by atoms with E-state index in [0.717, 1.165) is 39.8 Å². The Morgan fingerprint density at radius 2 is 1.52 bits per heavy atom. The van der Waals surface area contributed by atoms with Crippen molar-refractivity contribution in [3.05, 3.63) is 107 Å². The van der Waals surface area contributed by atoms with Gasteiger partial charge in [-0.15, -0.1) is 10.2 Å². The number of aromatic amines is 2. The van der Waals surface area contributed by atoms with Crippen LogP contribution in [0.25, 0.3) is 21.8 Å². The molecule has 1 amide bonds. The number of para-hydroxylation sites is 2. The van der Waals surface area contributed by atoms with E-state index in [2.05, 4.69) is 44.2 Å². The second kappa shape index (κ2) is 13.0. The lowest BCUT2D eigenvalue weighted by Gasteiger charge is -2.24. The van der Waals surface area contributed by atoms with Crippen molar-refractivity contribution >= 4 is 27.9 Å². The average molecular weight is 621 g/mol. The van der Waals surface area contributed by atoms with Crippen LogP contribution in [0, 0.1) is 0 Å². The Labute approximate surface area is 268 Å². The fourth-order valence-electron chi connectivity index (χ4n) is 5.88. The van der Waals surface area contributed by atoms with Crippen molar-refractivity contribution in [3.8, 4) is 11.5 Å². The molecule has 0 radical (unpaired) electrons. The molecular weight excluding hydrogens is 580 g/mol. The van der Waals surface area contributed by atoms with Crippen molar-refractivity contribution in [2.45, 2.75) is 58.2 Å². The van der Waals surface area contributed by atoms with Gasteiger partial charge in [-0.2, -0.15) is 0 Å². The summed E-state index contributed by atoms with van der Waals surface area (Å²) in [6.45, 7) is 5.98. The van der Waals surface area contributed by atoms with Crippen LogP contribution in [0.4, 0.5) is 4.79 Å². The Bertz CT molecular complexity index is 1960. The van der Waals surface area contributed by atoms with E-state index in [1.807, 2.05) is 75.5 Å². The maximum atomic E-state index is 13.3. The van der Waals surface area contributed by atoms with Crippen molar-refractivity contribution in [3.63, 3.8) is 0 Å². The number of rotatable bonds is 11. The normalized spacial score (nSPS) is 12.4. The second-order valence-corrected chi connectivity index (χ2v) is 12.4. The summed E-state index contributed by atoms with van der Waals surface area (Å²) in [6.07, 6.45) is 5.40. The summed E-state index contributed by atoms with van der Waals surface area (Å²) in [5.74, 6) is 2.82. The fraction of sp³-hybridized carbons (Fsp3) is 0.306. The number of aryl methyl sites for hydroxylation is 2. The van der Waals surface area contributed by atoms with Gasteiger partial charge < -0.3 is 34.1 Å². The van der Waals surface area contributed by atoms with Gasteiger partial charge in [-0.25, -0.2) is 4.79 Å². The van der Waals surface area contributed by atoms with E-state index in [9.17, 15) is 4.79 Å². The van der Waals surface area contributed by atoms with Crippen LogP contribution in [-0.4, -0.2) is 50.6 Å². The number of nitrogens with one attached hydrogen (secondary N) is 3. The van der Waals surface area contributed by atoms with E-state index in [4.69, 9.17) is 24.4 Å². The van der Waals surface area contributed by atoms with Gasteiger partial charge in [-0.05, 0) is 62.6 Å². The first kappa shape index (κ1) is 30.8. The third-order valence-electron chi connectivity index (χ3n) is 8.07. The van der Waals surface area contributed by atoms with E-state index < -0.39 is 17.7 Å². The maximum Gasteiger partial charge on any atom is 0.408 e. The van der Waals surface area contributed by atoms with Gasteiger partial charge in [0, 0.05) is 58.7 Å². The van der Waals surface area contributed by atoms with Gasteiger partial charge in [0.1, 0.15) is 22.9 Å². The zero-order chi connectivity index (χ0) is 32.3. The molecule has 10 nitrogen and oxygen atoms in total. The van der Waals surface area contributed by atoms with E-state index in [1.165, 1.54) is 10.9 Å². The summed E-state index contributed by atoms with van der Waals surface area (Å²) in [5, 5.41) is 14.8. The predicted molar refractivity (Wildman–Crippen MR) is 178 cm³/mol. The smallest absolute Gasteiger partial charge is 0.408 e. The Hall–Kier alpha value is -5.25. The zero-order valence-electron chi connectivity index (χ0n) is 26.9. The number of amides is 1. The van der Waals surface area contributed by atoms with Crippen molar-refractivity contribution in [2.24, 2.45) is 0 Å². The fourth-order valence-corrected chi connectivity index (χ4v) is 5.88. The minimum absolute atomic E-state index is 0.430. The van der Waals surface area contributed by atoms with Crippen LogP contribution in [0.2, 0.25) is 0 Å². The molecule has 46 heavy (non-hydrogen) atoms. The summed E-state index contributed by atoms with van der Waals surface area (Å²) in [4.78, 5) is 20.0. The van der Waals surface area contributed by atoms with Crippen molar-refractivity contribution in [1.29, 1.82) is 0 Å². The standard InChI is InChI=1S/C36H40N6O4/c1-36(2,3)46-35(43)39-31(18-25-21-38-30-13-9-7-11-28(25)30)34-41-40-33(17-15-23-20-37-29-12-8-6-10-27(23)29)42(34)22-24-14-16-26(44-4)19-32(24)45-5/h6-14,16,19-21,31,37-38H,15,17-18,22H2,1-5H3,(H,39,43)/t31-/m1/s1. The van der Waals surface area contributed by atoms with Crippen LogP contribution in [0.15, 0.2) is 79.1 Å². The molecule has 0 fully saturated rings. The molecule has 0 aliphatic rings. The van der Waals surface area contributed by atoms with Gasteiger partial charge >= 0.3 is 6.09 Å². The number of carbonyl (C=O) groups is 1. The van der Waals surface area contributed by atoms with Crippen LogP contribution in [0.1, 0.15) is 55.2 Å². The number of nitrogens with zero attached hydrogens (tertiary/aromatic N) is 3. The van der Waals surface area contributed by atoms with E-state index in [-0.39, 0.29) is 0 Å². The number of methoxy groups -OCH3 is 2. The van der Waals surface area contributed by atoms with Gasteiger partial charge in [0.05, 0.1) is 26.8 Å². The number of fused-ring (bicyclic) bond motifs is 2. The molecule has 3 N–H and O–H groups in total. The Kier molecular flexibility index (Phi) is 8.70. The Morgan fingerprint density at radius 3 is 2.20 bits per heavy atom. The van der Waals surface area contributed by atoms with E-state index in [1.54, 1.807) is 14.2 Å². The van der Waals surface area contributed by atoms with Gasteiger partial charge in [-0.3, -0.25) is 0 Å². The summed E-state index contributed by atoms with van der Waals surface area (Å²) in [6, 6.07) is 21.6. The molecule has 6 rings (SSSR count). The van der Waals surface area contributed by atoms with Gasteiger partial charge in [-0.1, -0.05) is 36.4 Å². The molecule has 3 aromatic carbocycles. The lowest BCUT2D eigenvalue weighted by Crippen LogP contribution is -2.37. The third kappa shape index (κ3) is 6.71. The van der Waals surface area contributed by atoms with Gasteiger partial charge in [0.15, 0.2) is 5.82 Å². The summed E-state index contributed by atoms with van der Waals surface area (Å²) < 4.78 is 19.0.